The number of halogens is 5. The minimum Gasteiger partial charge on any atom is -0.396 e. The Balaban J connectivity index is 3.65. The lowest BCUT2D eigenvalue weighted by molar-refractivity contribution is -0.137. The van der Waals surface area contributed by atoms with Gasteiger partial charge in [-0.2, -0.15) is 18.4 Å². The van der Waals surface area contributed by atoms with E-state index in [1.807, 2.05) is 0 Å². The minimum atomic E-state index is -4.74. The number of nitrogens with two attached hydrogens (primary N) is 1. The van der Waals surface area contributed by atoms with Gasteiger partial charge in [-0.05, 0) is 6.07 Å². The first kappa shape index (κ1) is 12.0. The Kier molecular flexibility index (Phi) is 3.03. The van der Waals surface area contributed by atoms with Crippen LogP contribution in [-0.2, 0) is 6.18 Å². The van der Waals surface area contributed by atoms with Gasteiger partial charge in [0.2, 0.25) is 0 Å². The predicted molar refractivity (Wildman–Crippen MR) is 50.6 cm³/mol. The van der Waals surface area contributed by atoms with Gasteiger partial charge < -0.3 is 5.73 Å². The van der Waals surface area contributed by atoms with Crippen molar-refractivity contribution >= 4 is 28.9 Å². The van der Waals surface area contributed by atoms with Gasteiger partial charge in [0.25, 0.3) is 0 Å². The van der Waals surface area contributed by atoms with Gasteiger partial charge in [0.1, 0.15) is 0 Å². The molecule has 7 heteroatoms. The molecule has 0 unspecified atom stereocenters. The molecule has 1 rings (SSSR count). The van der Waals surface area contributed by atoms with Gasteiger partial charge in [0.05, 0.1) is 32.9 Å². The number of hydrogen-bond acceptors (Lipinski definition) is 2. The van der Waals surface area contributed by atoms with Crippen LogP contribution in [0.25, 0.3) is 0 Å². The lowest BCUT2D eigenvalue weighted by Crippen LogP contribution is -2.10. The van der Waals surface area contributed by atoms with Crippen LogP contribution in [0, 0.1) is 11.3 Å². The highest BCUT2D eigenvalue weighted by atomic mass is 35.5. The topological polar surface area (TPSA) is 49.8 Å². The summed E-state index contributed by atoms with van der Waals surface area (Å²) in [5.74, 6) is 0. The summed E-state index contributed by atoms with van der Waals surface area (Å²) in [6, 6.07) is 2.21. The summed E-state index contributed by atoms with van der Waals surface area (Å²) in [6.07, 6.45) is -4.74. The zero-order chi connectivity index (χ0) is 11.8. The van der Waals surface area contributed by atoms with Gasteiger partial charge in [-0.25, -0.2) is 0 Å². The normalized spacial score (nSPS) is 11.2. The summed E-state index contributed by atoms with van der Waals surface area (Å²) in [5.41, 5.74) is 2.94. The highest BCUT2D eigenvalue weighted by molar-refractivity contribution is 6.39. The van der Waals surface area contributed by atoms with Crippen LogP contribution in [-0.4, -0.2) is 0 Å². The number of alkyl halides is 3. The maximum absolute atomic E-state index is 12.5. The fourth-order valence-electron chi connectivity index (χ4n) is 1.000. The van der Waals surface area contributed by atoms with Gasteiger partial charge in [0.15, 0.2) is 0 Å². The SMILES string of the molecule is N#Cc1cc(Cl)c(N)c(Cl)c1C(F)(F)F. The summed E-state index contributed by atoms with van der Waals surface area (Å²) in [5, 5.41) is 7.59. The van der Waals surface area contributed by atoms with E-state index < -0.39 is 22.3 Å². The zero-order valence-electron chi connectivity index (χ0n) is 6.99. The molecule has 0 amide bonds. The fraction of sp³-hybridized carbons (Fsp3) is 0.125. The number of nitriles is 1. The van der Waals surface area contributed by atoms with Gasteiger partial charge >= 0.3 is 6.18 Å². The zero-order valence-corrected chi connectivity index (χ0v) is 8.50. The molecule has 1 aromatic carbocycles. The molecule has 0 saturated heterocycles. The molecule has 0 bridgehead atoms. The Labute approximate surface area is 93.0 Å². The number of benzene rings is 1. The third-order valence-electron chi connectivity index (χ3n) is 1.66. The highest BCUT2D eigenvalue weighted by Crippen LogP contribution is 2.42. The van der Waals surface area contributed by atoms with Crippen LogP contribution < -0.4 is 5.73 Å². The van der Waals surface area contributed by atoms with Crippen molar-refractivity contribution in [3.8, 4) is 6.07 Å². The number of nitrogen functional groups attached to an aromatic ring is 1. The van der Waals surface area contributed by atoms with Gasteiger partial charge in [-0.1, -0.05) is 23.2 Å². The summed E-state index contributed by atoms with van der Waals surface area (Å²) in [4.78, 5) is 0. The van der Waals surface area contributed by atoms with Crippen molar-refractivity contribution < 1.29 is 13.2 Å². The van der Waals surface area contributed by atoms with Gasteiger partial charge in [0, 0.05) is 0 Å². The number of rotatable bonds is 0. The molecule has 0 aliphatic carbocycles. The molecule has 0 aliphatic rings. The molecule has 15 heavy (non-hydrogen) atoms. The van der Waals surface area contributed by atoms with Crippen molar-refractivity contribution in [1.29, 1.82) is 5.26 Å². The monoisotopic (exact) mass is 254 g/mol. The van der Waals surface area contributed by atoms with Crippen LogP contribution in [0.2, 0.25) is 10.0 Å². The Bertz CT molecular complexity index is 449. The van der Waals surface area contributed by atoms with Crippen LogP contribution in [0.3, 0.4) is 0 Å². The van der Waals surface area contributed by atoms with E-state index in [4.69, 9.17) is 34.2 Å². The molecule has 0 fully saturated rings. The molecule has 80 valence electrons. The van der Waals surface area contributed by atoms with Crippen molar-refractivity contribution in [2.24, 2.45) is 0 Å². The molecule has 2 N–H and O–H groups in total. The van der Waals surface area contributed by atoms with E-state index in [0.717, 1.165) is 6.07 Å². The summed E-state index contributed by atoms with van der Waals surface area (Å²) < 4.78 is 37.4. The van der Waals surface area contributed by atoms with Crippen LogP contribution in [0.5, 0.6) is 0 Å². The van der Waals surface area contributed by atoms with Gasteiger partial charge in [-0.3, -0.25) is 0 Å². The average molecular weight is 255 g/mol. The largest absolute Gasteiger partial charge is 0.419 e. The summed E-state index contributed by atoms with van der Waals surface area (Å²) in [6.45, 7) is 0. The fourth-order valence-corrected chi connectivity index (χ4v) is 1.56. The second-order valence-corrected chi connectivity index (χ2v) is 3.40. The van der Waals surface area contributed by atoms with Gasteiger partial charge in [-0.15, -0.1) is 0 Å². The van der Waals surface area contributed by atoms with E-state index in [9.17, 15) is 13.2 Å². The van der Waals surface area contributed by atoms with Crippen molar-refractivity contribution in [3.63, 3.8) is 0 Å². The second-order valence-electron chi connectivity index (χ2n) is 2.62. The first-order valence-electron chi connectivity index (χ1n) is 3.53. The van der Waals surface area contributed by atoms with Crippen molar-refractivity contribution in [2.75, 3.05) is 5.73 Å². The average Bonchev–Trinajstić information content (AvgIpc) is 2.11. The van der Waals surface area contributed by atoms with Crippen molar-refractivity contribution in [3.05, 3.63) is 27.2 Å². The van der Waals surface area contributed by atoms with E-state index in [-0.39, 0.29) is 10.7 Å². The van der Waals surface area contributed by atoms with E-state index in [1.165, 1.54) is 6.07 Å². The lowest BCUT2D eigenvalue weighted by Gasteiger charge is -2.13. The molecular weight excluding hydrogens is 252 g/mol. The second kappa shape index (κ2) is 3.80. The standard InChI is InChI=1S/C8H3Cl2F3N2/c9-4-1-3(2-14)5(8(11,12)13)6(10)7(4)15/h1H,15H2. The molecule has 0 radical (unpaired) electrons. The molecule has 1 aromatic rings. The summed E-state index contributed by atoms with van der Waals surface area (Å²) in [7, 11) is 0. The molecule has 0 heterocycles. The van der Waals surface area contributed by atoms with Crippen molar-refractivity contribution in [1.82, 2.24) is 0 Å². The van der Waals surface area contributed by atoms with E-state index in [2.05, 4.69) is 0 Å². The molecule has 0 atom stereocenters. The van der Waals surface area contributed by atoms with Crippen LogP contribution in [0.1, 0.15) is 11.1 Å². The number of hydrogen-bond donors (Lipinski definition) is 1. The molecule has 2 nitrogen and oxygen atoms in total. The first-order valence-corrected chi connectivity index (χ1v) is 4.29. The Morgan fingerprint density at radius 1 is 1.33 bits per heavy atom. The Morgan fingerprint density at radius 2 is 1.87 bits per heavy atom. The lowest BCUT2D eigenvalue weighted by atomic mass is 10.1. The maximum atomic E-state index is 12.5. The molecular formula is C8H3Cl2F3N2. The van der Waals surface area contributed by atoms with E-state index in [0.29, 0.717) is 0 Å². The van der Waals surface area contributed by atoms with Crippen LogP contribution in [0.15, 0.2) is 6.07 Å². The van der Waals surface area contributed by atoms with Crippen molar-refractivity contribution in [2.45, 2.75) is 6.18 Å². The number of anilines is 1. The molecule has 0 aliphatic heterocycles. The summed E-state index contributed by atoms with van der Waals surface area (Å²) >= 11 is 10.9. The number of nitrogens with zero attached hydrogens (tertiary/aromatic N) is 1. The smallest absolute Gasteiger partial charge is 0.396 e. The van der Waals surface area contributed by atoms with Crippen LogP contribution >= 0.6 is 23.2 Å². The quantitative estimate of drug-likeness (QED) is 0.721. The minimum absolute atomic E-state index is 0.176. The molecule has 0 saturated carbocycles. The third kappa shape index (κ3) is 2.11. The maximum Gasteiger partial charge on any atom is 0.419 e. The Morgan fingerprint density at radius 3 is 2.27 bits per heavy atom. The van der Waals surface area contributed by atoms with E-state index >= 15 is 0 Å². The molecule has 0 spiro atoms. The predicted octanol–water partition coefficient (Wildman–Crippen LogP) is 3.47. The molecule has 0 aromatic heterocycles. The highest BCUT2D eigenvalue weighted by Gasteiger charge is 2.37. The van der Waals surface area contributed by atoms with Crippen LogP contribution in [0.4, 0.5) is 18.9 Å². The first-order chi connectivity index (χ1) is 6.79. The third-order valence-corrected chi connectivity index (χ3v) is 2.36. The Hall–Kier alpha value is -1.12. The van der Waals surface area contributed by atoms with E-state index in [1.54, 1.807) is 0 Å².